The lowest BCUT2D eigenvalue weighted by Gasteiger charge is -2.13. The summed E-state index contributed by atoms with van der Waals surface area (Å²) in [5.74, 6) is 0.684. The van der Waals surface area contributed by atoms with E-state index < -0.39 is 0 Å². The second-order valence-electron chi connectivity index (χ2n) is 6.15. The molecule has 3 heterocycles. The van der Waals surface area contributed by atoms with Crippen LogP contribution in [0.4, 0.5) is 0 Å². The number of aryl methyl sites for hydroxylation is 1. The van der Waals surface area contributed by atoms with E-state index in [-0.39, 0.29) is 11.8 Å². The largest absolute Gasteiger partial charge is 0.355 e. The van der Waals surface area contributed by atoms with Crippen molar-refractivity contribution in [2.24, 2.45) is 5.92 Å². The Morgan fingerprint density at radius 2 is 2.12 bits per heavy atom. The number of hydrogen-bond acceptors (Lipinski definition) is 4. The predicted octanol–water partition coefficient (Wildman–Crippen LogP) is 2.30. The number of aromatic nitrogens is 5. The number of pyridine rings is 1. The molecule has 7 nitrogen and oxygen atoms in total. The first-order valence-corrected chi connectivity index (χ1v) is 9.02. The molecule has 1 unspecified atom stereocenters. The highest BCUT2D eigenvalue weighted by Gasteiger charge is 2.17. The fraction of sp³-hybridized carbons (Fsp3) is 0.412. The van der Waals surface area contributed by atoms with Gasteiger partial charge in [-0.25, -0.2) is 0 Å². The smallest absolute Gasteiger partial charge is 0.224 e. The van der Waals surface area contributed by atoms with E-state index in [0.717, 1.165) is 27.3 Å². The first kappa shape index (κ1) is 17.6. The van der Waals surface area contributed by atoms with E-state index in [1.807, 2.05) is 54.2 Å². The van der Waals surface area contributed by atoms with Gasteiger partial charge in [-0.15, -0.1) is 10.2 Å². The maximum atomic E-state index is 12.3. The zero-order valence-corrected chi connectivity index (χ0v) is 16.1. The lowest BCUT2D eigenvalue weighted by Crippen LogP contribution is -2.33. The van der Waals surface area contributed by atoms with Gasteiger partial charge in [0, 0.05) is 24.9 Å². The zero-order chi connectivity index (χ0) is 18.0. The maximum absolute atomic E-state index is 12.3. The molecular formula is C17H21BrN6O. The number of carbonyl (C=O) groups excluding carboxylic acids is 1. The normalized spacial score (nSPS) is 12.5. The summed E-state index contributed by atoms with van der Waals surface area (Å²) >= 11 is 3.51. The Morgan fingerprint density at radius 3 is 2.84 bits per heavy atom. The summed E-state index contributed by atoms with van der Waals surface area (Å²) in [7, 11) is 0. The predicted molar refractivity (Wildman–Crippen MR) is 98.3 cm³/mol. The highest BCUT2D eigenvalue weighted by atomic mass is 79.9. The molecule has 0 aliphatic rings. The molecule has 0 radical (unpaired) electrons. The first-order chi connectivity index (χ1) is 12.0. The average molecular weight is 405 g/mol. The van der Waals surface area contributed by atoms with Gasteiger partial charge in [0.1, 0.15) is 5.82 Å². The second-order valence-corrected chi connectivity index (χ2v) is 6.95. The van der Waals surface area contributed by atoms with Crippen LogP contribution in [0.1, 0.15) is 24.1 Å². The van der Waals surface area contributed by atoms with E-state index in [2.05, 4.69) is 36.5 Å². The minimum absolute atomic E-state index is 0.0116. The molecule has 25 heavy (non-hydrogen) atoms. The molecule has 0 bridgehead atoms. The highest BCUT2D eigenvalue weighted by molar-refractivity contribution is 9.10. The van der Waals surface area contributed by atoms with Crippen LogP contribution in [-0.4, -0.2) is 36.8 Å². The molecule has 3 aromatic heterocycles. The van der Waals surface area contributed by atoms with E-state index in [0.29, 0.717) is 19.5 Å². The molecule has 132 valence electrons. The van der Waals surface area contributed by atoms with Crippen LogP contribution >= 0.6 is 15.9 Å². The molecule has 0 saturated carbocycles. The lowest BCUT2D eigenvalue weighted by molar-refractivity contribution is -0.124. The third-order valence-electron chi connectivity index (χ3n) is 4.22. The third kappa shape index (κ3) is 3.73. The maximum Gasteiger partial charge on any atom is 0.224 e. The summed E-state index contributed by atoms with van der Waals surface area (Å²) in [5, 5.41) is 15.7. The number of hydrogen-bond donors (Lipinski definition) is 1. The van der Waals surface area contributed by atoms with Crippen molar-refractivity contribution in [1.29, 1.82) is 0 Å². The van der Waals surface area contributed by atoms with Crippen molar-refractivity contribution in [3.05, 3.63) is 46.1 Å². The number of nitrogens with one attached hydrogen (secondary N) is 1. The summed E-state index contributed by atoms with van der Waals surface area (Å²) in [4.78, 5) is 12.3. The molecule has 3 aromatic rings. The Labute approximate surface area is 154 Å². The van der Waals surface area contributed by atoms with Crippen LogP contribution in [0, 0.1) is 19.8 Å². The number of amides is 1. The Hall–Kier alpha value is -2.22. The molecule has 1 N–H and O–H groups in total. The van der Waals surface area contributed by atoms with Gasteiger partial charge in [-0.1, -0.05) is 13.0 Å². The first-order valence-electron chi connectivity index (χ1n) is 8.23. The minimum atomic E-state index is -0.167. The van der Waals surface area contributed by atoms with Gasteiger partial charge in [0.25, 0.3) is 0 Å². The van der Waals surface area contributed by atoms with Crippen molar-refractivity contribution < 1.29 is 4.79 Å². The molecule has 0 aliphatic carbocycles. The van der Waals surface area contributed by atoms with E-state index >= 15 is 0 Å². The van der Waals surface area contributed by atoms with Gasteiger partial charge in [-0.05, 0) is 41.9 Å². The Balaban J connectivity index is 1.54. The Morgan fingerprint density at radius 1 is 1.32 bits per heavy atom. The Kier molecular flexibility index (Phi) is 5.17. The van der Waals surface area contributed by atoms with Crippen LogP contribution in [0.5, 0.6) is 0 Å². The van der Waals surface area contributed by atoms with Crippen molar-refractivity contribution >= 4 is 27.5 Å². The lowest BCUT2D eigenvalue weighted by atomic mass is 10.1. The second kappa shape index (κ2) is 7.35. The van der Waals surface area contributed by atoms with Gasteiger partial charge in [-0.3, -0.25) is 13.9 Å². The van der Waals surface area contributed by atoms with Crippen molar-refractivity contribution in [1.82, 2.24) is 29.7 Å². The van der Waals surface area contributed by atoms with Gasteiger partial charge < -0.3 is 5.32 Å². The van der Waals surface area contributed by atoms with Crippen LogP contribution in [0.15, 0.2) is 28.9 Å². The molecule has 0 saturated heterocycles. The van der Waals surface area contributed by atoms with Gasteiger partial charge in [0.2, 0.25) is 5.91 Å². The van der Waals surface area contributed by atoms with E-state index in [1.165, 1.54) is 0 Å². The third-order valence-corrected chi connectivity index (χ3v) is 5.37. The van der Waals surface area contributed by atoms with Gasteiger partial charge in [-0.2, -0.15) is 5.10 Å². The summed E-state index contributed by atoms with van der Waals surface area (Å²) in [6, 6.07) is 5.77. The fourth-order valence-corrected chi connectivity index (χ4v) is 3.01. The van der Waals surface area contributed by atoms with E-state index in [9.17, 15) is 4.79 Å². The number of nitrogens with zero attached hydrogens (tertiary/aromatic N) is 5. The minimum Gasteiger partial charge on any atom is -0.355 e. The van der Waals surface area contributed by atoms with E-state index in [1.54, 1.807) is 0 Å². The van der Waals surface area contributed by atoms with Gasteiger partial charge >= 0.3 is 0 Å². The van der Waals surface area contributed by atoms with Crippen LogP contribution < -0.4 is 5.32 Å². The summed E-state index contributed by atoms with van der Waals surface area (Å²) in [6.45, 7) is 6.93. The van der Waals surface area contributed by atoms with Crippen LogP contribution in [0.3, 0.4) is 0 Å². The fourth-order valence-electron chi connectivity index (χ4n) is 2.73. The summed E-state index contributed by atoms with van der Waals surface area (Å²) < 4.78 is 4.80. The molecular weight excluding hydrogens is 384 g/mol. The molecule has 0 fully saturated rings. The van der Waals surface area contributed by atoms with Crippen molar-refractivity contribution in [3.8, 4) is 0 Å². The van der Waals surface area contributed by atoms with Crippen molar-refractivity contribution in [2.45, 2.75) is 33.7 Å². The van der Waals surface area contributed by atoms with E-state index in [4.69, 9.17) is 0 Å². The Bertz CT molecular complexity index is 900. The average Bonchev–Trinajstić information content (AvgIpc) is 3.12. The van der Waals surface area contributed by atoms with Gasteiger partial charge in [0.05, 0.1) is 22.6 Å². The van der Waals surface area contributed by atoms with Crippen LogP contribution in [0.25, 0.3) is 5.65 Å². The molecule has 0 spiro atoms. The highest BCUT2D eigenvalue weighted by Crippen LogP contribution is 2.20. The monoisotopic (exact) mass is 404 g/mol. The van der Waals surface area contributed by atoms with Crippen molar-refractivity contribution in [2.75, 3.05) is 6.54 Å². The molecule has 3 rings (SSSR count). The summed E-state index contributed by atoms with van der Waals surface area (Å²) in [5.41, 5.74) is 2.78. The van der Waals surface area contributed by atoms with Crippen LogP contribution in [-0.2, 0) is 17.8 Å². The molecule has 1 atom stereocenters. The van der Waals surface area contributed by atoms with Crippen molar-refractivity contribution in [3.63, 3.8) is 0 Å². The SMILES string of the molecule is Cc1nn(CC(C)C(=O)NCCc2nnc3ccccn23)c(C)c1Br. The summed E-state index contributed by atoms with van der Waals surface area (Å²) in [6.07, 6.45) is 2.56. The molecule has 8 heteroatoms. The number of halogens is 1. The van der Waals surface area contributed by atoms with Gasteiger partial charge in [0.15, 0.2) is 5.65 Å². The molecule has 0 aliphatic heterocycles. The van der Waals surface area contributed by atoms with Crippen LogP contribution in [0.2, 0.25) is 0 Å². The number of carbonyl (C=O) groups is 1. The zero-order valence-electron chi connectivity index (χ0n) is 14.5. The molecule has 1 amide bonds. The number of fused-ring (bicyclic) bond motifs is 1. The quantitative estimate of drug-likeness (QED) is 0.683. The molecule has 0 aromatic carbocycles. The number of rotatable bonds is 6. The standard InChI is InChI=1S/C17H21BrN6O/c1-11(10-24-13(3)16(18)12(2)22-24)17(25)19-8-7-15-21-20-14-6-4-5-9-23(14)15/h4-6,9,11H,7-8,10H2,1-3H3,(H,19,25). The topological polar surface area (TPSA) is 77.1 Å².